The predicted molar refractivity (Wildman–Crippen MR) is 112 cm³/mol. The lowest BCUT2D eigenvalue weighted by molar-refractivity contribution is 0.594. The van der Waals surface area contributed by atoms with Gasteiger partial charge in [-0.1, -0.05) is 35.9 Å². The lowest BCUT2D eigenvalue weighted by atomic mass is 10.2. The molecule has 0 amide bonds. The number of anilines is 3. The first-order chi connectivity index (χ1) is 13.7. The van der Waals surface area contributed by atoms with Gasteiger partial charge in [0.1, 0.15) is 11.6 Å². The number of halogens is 2. The fourth-order valence-electron chi connectivity index (χ4n) is 3.25. The van der Waals surface area contributed by atoms with Crippen molar-refractivity contribution in [3.8, 4) is 0 Å². The number of rotatable bonds is 5. The van der Waals surface area contributed by atoms with Gasteiger partial charge in [-0.25, -0.2) is 9.37 Å². The predicted octanol–water partition coefficient (Wildman–Crippen LogP) is 4.21. The number of hydrogen-bond donors (Lipinski definition) is 1. The Morgan fingerprint density at radius 2 is 1.64 bits per heavy atom. The van der Waals surface area contributed by atoms with Crippen LogP contribution in [0, 0.1) is 5.82 Å². The maximum Gasteiger partial charge on any atom is 0.227 e. The molecule has 0 atom stereocenters. The first-order valence-electron chi connectivity index (χ1n) is 9.25. The maximum atomic E-state index is 14.0. The highest BCUT2D eigenvalue weighted by molar-refractivity contribution is 6.30. The normalized spacial score (nSPS) is 14.2. The number of aromatic nitrogens is 2. The van der Waals surface area contributed by atoms with Gasteiger partial charge in [0.05, 0.1) is 5.69 Å². The molecule has 2 heterocycles. The first kappa shape index (κ1) is 18.5. The number of hydrogen-bond acceptors (Lipinski definition) is 5. The van der Waals surface area contributed by atoms with E-state index in [4.69, 9.17) is 11.6 Å². The van der Waals surface area contributed by atoms with Gasteiger partial charge in [0.2, 0.25) is 5.95 Å². The van der Waals surface area contributed by atoms with Crippen LogP contribution in [-0.4, -0.2) is 36.1 Å². The van der Waals surface area contributed by atoms with E-state index in [-0.39, 0.29) is 5.82 Å². The van der Waals surface area contributed by atoms with Gasteiger partial charge in [-0.3, -0.25) is 0 Å². The number of nitrogens with zero attached hydrogens (tertiary/aromatic N) is 4. The van der Waals surface area contributed by atoms with Crippen molar-refractivity contribution in [1.29, 1.82) is 0 Å². The third-order valence-corrected chi connectivity index (χ3v) is 5.04. The van der Waals surface area contributed by atoms with Crippen LogP contribution in [0.4, 0.5) is 21.8 Å². The van der Waals surface area contributed by atoms with Crippen molar-refractivity contribution >= 4 is 29.1 Å². The lowest BCUT2D eigenvalue weighted by Gasteiger charge is -2.36. The van der Waals surface area contributed by atoms with Crippen LogP contribution in [0.15, 0.2) is 60.8 Å². The molecule has 2 aromatic carbocycles. The van der Waals surface area contributed by atoms with E-state index in [1.54, 1.807) is 12.3 Å². The Morgan fingerprint density at radius 3 is 2.39 bits per heavy atom. The van der Waals surface area contributed by atoms with Gasteiger partial charge in [-0.2, -0.15) is 4.98 Å². The van der Waals surface area contributed by atoms with E-state index in [0.717, 1.165) is 42.6 Å². The average Bonchev–Trinajstić information content (AvgIpc) is 2.74. The number of para-hydroxylation sites is 1. The molecule has 0 aliphatic carbocycles. The summed E-state index contributed by atoms with van der Waals surface area (Å²) in [6.45, 7) is 3.61. The molecule has 3 aromatic rings. The maximum absolute atomic E-state index is 14.0. The summed E-state index contributed by atoms with van der Waals surface area (Å²) in [7, 11) is 0. The molecule has 0 radical (unpaired) electrons. The fraction of sp³-hybridized carbons (Fsp3) is 0.238. The molecule has 0 bridgehead atoms. The monoisotopic (exact) mass is 397 g/mol. The van der Waals surface area contributed by atoms with Crippen molar-refractivity contribution in [2.45, 2.75) is 6.54 Å². The molecule has 1 aromatic heterocycles. The average molecular weight is 398 g/mol. The van der Waals surface area contributed by atoms with Crippen molar-refractivity contribution in [2.24, 2.45) is 0 Å². The zero-order valence-electron chi connectivity index (χ0n) is 15.4. The van der Waals surface area contributed by atoms with Crippen molar-refractivity contribution in [3.05, 3.63) is 77.2 Å². The molecule has 4 rings (SSSR count). The molecule has 7 heteroatoms. The largest absolute Gasteiger partial charge is 0.366 e. The summed E-state index contributed by atoms with van der Waals surface area (Å²) in [5.41, 5.74) is 1.78. The molecule has 1 aliphatic heterocycles. The summed E-state index contributed by atoms with van der Waals surface area (Å²) in [5, 5.41) is 4.05. The second-order valence-corrected chi connectivity index (χ2v) is 7.08. The molecule has 0 spiro atoms. The van der Waals surface area contributed by atoms with Gasteiger partial charge in [-0.15, -0.1) is 0 Å². The van der Waals surface area contributed by atoms with Crippen LogP contribution in [0.5, 0.6) is 0 Å². The highest BCUT2D eigenvalue weighted by Gasteiger charge is 2.21. The molecule has 28 heavy (non-hydrogen) atoms. The summed E-state index contributed by atoms with van der Waals surface area (Å²) in [5.74, 6) is 1.28. The summed E-state index contributed by atoms with van der Waals surface area (Å²) in [4.78, 5) is 13.2. The Labute approximate surface area is 168 Å². The van der Waals surface area contributed by atoms with E-state index in [1.165, 1.54) is 6.07 Å². The standard InChI is InChI=1S/C21H21ClFN5/c22-17-7-5-16(6-8-17)15-25-20-9-10-24-21(26-20)28-13-11-27(12-14-28)19-4-2-1-3-18(19)23/h1-10H,11-15H2,(H,24,25,26). The minimum Gasteiger partial charge on any atom is -0.366 e. The van der Waals surface area contributed by atoms with Crippen molar-refractivity contribution in [2.75, 3.05) is 41.3 Å². The Balaban J connectivity index is 1.37. The fourth-order valence-corrected chi connectivity index (χ4v) is 3.38. The molecule has 0 saturated carbocycles. The Bertz CT molecular complexity index is 926. The third-order valence-electron chi connectivity index (χ3n) is 4.79. The second kappa shape index (κ2) is 8.44. The molecule has 1 N–H and O–H groups in total. The zero-order valence-corrected chi connectivity index (χ0v) is 16.1. The van der Waals surface area contributed by atoms with Crippen LogP contribution in [0.25, 0.3) is 0 Å². The summed E-state index contributed by atoms with van der Waals surface area (Å²) >= 11 is 5.92. The van der Waals surface area contributed by atoms with E-state index >= 15 is 0 Å². The Hall–Kier alpha value is -2.86. The van der Waals surface area contributed by atoms with Crippen LogP contribution >= 0.6 is 11.6 Å². The van der Waals surface area contributed by atoms with Crippen LogP contribution in [0.2, 0.25) is 5.02 Å². The van der Waals surface area contributed by atoms with Crippen LogP contribution in [-0.2, 0) is 6.54 Å². The number of piperazine rings is 1. The summed E-state index contributed by atoms with van der Waals surface area (Å²) in [6.07, 6.45) is 1.76. The van der Waals surface area contributed by atoms with Gasteiger partial charge >= 0.3 is 0 Å². The van der Waals surface area contributed by atoms with Crippen molar-refractivity contribution in [3.63, 3.8) is 0 Å². The molecule has 1 saturated heterocycles. The van der Waals surface area contributed by atoms with Crippen molar-refractivity contribution in [1.82, 2.24) is 9.97 Å². The SMILES string of the molecule is Fc1ccccc1N1CCN(c2nccc(NCc3ccc(Cl)cc3)n2)CC1. The van der Waals surface area contributed by atoms with Crippen molar-refractivity contribution < 1.29 is 4.39 Å². The molecular formula is C21H21ClFN5. The second-order valence-electron chi connectivity index (χ2n) is 6.65. The summed E-state index contributed by atoms with van der Waals surface area (Å²) < 4.78 is 14.0. The van der Waals surface area contributed by atoms with Crippen LogP contribution in [0.1, 0.15) is 5.56 Å². The molecule has 1 fully saturated rings. The molecule has 0 unspecified atom stereocenters. The molecule has 5 nitrogen and oxygen atoms in total. The quantitative estimate of drug-likeness (QED) is 0.698. The molecular weight excluding hydrogens is 377 g/mol. The van der Waals surface area contributed by atoms with Gasteiger partial charge < -0.3 is 15.1 Å². The van der Waals surface area contributed by atoms with Gasteiger partial charge in [-0.05, 0) is 35.9 Å². The minimum atomic E-state index is -0.180. The molecule has 144 valence electrons. The number of benzene rings is 2. The summed E-state index contributed by atoms with van der Waals surface area (Å²) in [6, 6.07) is 16.5. The number of nitrogens with one attached hydrogen (secondary N) is 1. The highest BCUT2D eigenvalue weighted by Crippen LogP contribution is 2.22. The Kier molecular flexibility index (Phi) is 5.58. The lowest BCUT2D eigenvalue weighted by Crippen LogP contribution is -2.47. The minimum absolute atomic E-state index is 0.180. The van der Waals surface area contributed by atoms with Gasteiger partial charge in [0, 0.05) is 43.9 Å². The zero-order chi connectivity index (χ0) is 19.3. The smallest absolute Gasteiger partial charge is 0.227 e. The van der Waals surface area contributed by atoms with E-state index < -0.39 is 0 Å². The van der Waals surface area contributed by atoms with E-state index in [2.05, 4.69) is 25.1 Å². The first-order valence-corrected chi connectivity index (χ1v) is 9.62. The molecule has 1 aliphatic rings. The van der Waals surface area contributed by atoms with Gasteiger partial charge in [0.15, 0.2) is 0 Å². The topological polar surface area (TPSA) is 44.3 Å². The van der Waals surface area contributed by atoms with Gasteiger partial charge in [0.25, 0.3) is 0 Å². The third kappa shape index (κ3) is 4.34. The Morgan fingerprint density at radius 1 is 0.929 bits per heavy atom. The van der Waals surface area contributed by atoms with Crippen LogP contribution < -0.4 is 15.1 Å². The van der Waals surface area contributed by atoms with E-state index in [0.29, 0.717) is 18.2 Å². The van der Waals surface area contributed by atoms with E-state index in [9.17, 15) is 4.39 Å². The van der Waals surface area contributed by atoms with Crippen LogP contribution in [0.3, 0.4) is 0 Å². The van der Waals surface area contributed by atoms with E-state index in [1.807, 2.05) is 42.5 Å². The highest BCUT2D eigenvalue weighted by atomic mass is 35.5.